The third kappa shape index (κ3) is 5.13. The van der Waals surface area contributed by atoms with Crippen LogP contribution in [-0.2, 0) is 6.54 Å². The molecule has 5 nitrogen and oxygen atoms in total. The molecule has 1 aliphatic rings. The Morgan fingerprint density at radius 1 is 1.12 bits per heavy atom. The Balaban J connectivity index is 1.31. The largest absolute Gasteiger partial charge is 0.493 e. The normalized spacial score (nSPS) is 15.2. The highest BCUT2D eigenvalue weighted by atomic mass is 35.5. The van der Waals surface area contributed by atoms with Gasteiger partial charge in [0, 0.05) is 9.90 Å². The van der Waals surface area contributed by atoms with Crippen molar-refractivity contribution in [3.05, 3.63) is 81.9 Å². The van der Waals surface area contributed by atoms with Crippen molar-refractivity contribution < 1.29 is 4.74 Å². The molecular weight excluding hydrogens is 454 g/mol. The first-order chi connectivity index (χ1) is 16.0. The maximum atomic E-state index is 13.2. The first-order valence-corrected chi connectivity index (χ1v) is 12.4. The van der Waals surface area contributed by atoms with Crippen LogP contribution in [0.3, 0.4) is 0 Å². The number of ether oxygens (including phenoxy) is 1. The molecule has 5 rings (SSSR count). The fourth-order valence-corrected chi connectivity index (χ4v) is 5.38. The molecule has 0 unspecified atom stereocenters. The number of aromatic nitrogens is 2. The highest BCUT2D eigenvalue weighted by Crippen LogP contribution is 2.31. The zero-order chi connectivity index (χ0) is 22.8. The van der Waals surface area contributed by atoms with E-state index < -0.39 is 0 Å². The molecule has 7 heteroatoms. The fraction of sp³-hybridized carbons (Fsp3) is 0.308. The lowest BCUT2D eigenvalue weighted by Gasteiger charge is -2.28. The number of hydrogen-bond acceptors (Lipinski definition) is 5. The summed E-state index contributed by atoms with van der Waals surface area (Å²) in [5.74, 6) is 1.46. The van der Waals surface area contributed by atoms with E-state index in [2.05, 4.69) is 16.9 Å². The summed E-state index contributed by atoms with van der Waals surface area (Å²) < 4.78 is 8.42. The number of fused-ring (bicyclic) bond motifs is 1. The van der Waals surface area contributed by atoms with Crippen LogP contribution in [-0.4, -0.2) is 41.2 Å². The molecule has 33 heavy (non-hydrogen) atoms. The fourth-order valence-electron chi connectivity index (χ4n) is 4.19. The van der Waals surface area contributed by atoms with Gasteiger partial charge >= 0.3 is 0 Å². The number of thiophene rings is 1. The minimum atomic E-state index is -0.0251. The number of likely N-dealkylation sites (tertiary alicyclic amines) is 1. The summed E-state index contributed by atoms with van der Waals surface area (Å²) in [6.07, 6.45) is 3.99. The van der Waals surface area contributed by atoms with E-state index in [0.717, 1.165) is 47.0 Å². The van der Waals surface area contributed by atoms with Crippen molar-refractivity contribution in [2.45, 2.75) is 19.4 Å². The molecule has 2 aromatic carbocycles. The van der Waals surface area contributed by atoms with E-state index in [1.807, 2.05) is 54.6 Å². The monoisotopic (exact) mass is 479 g/mol. The molecule has 0 N–H and O–H groups in total. The number of rotatable bonds is 6. The van der Waals surface area contributed by atoms with Gasteiger partial charge in [-0.1, -0.05) is 35.9 Å². The van der Waals surface area contributed by atoms with Crippen LogP contribution in [0.1, 0.15) is 18.4 Å². The van der Waals surface area contributed by atoms with Gasteiger partial charge in [-0.25, -0.2) is 4.98 Å². The number of piperidine rings is 1. The molecule has 1 aliphatic heterocycles. The van der Waals surface area contributed by atoms with Crippen molar-refractivity contribution >= 4 is 33.2 Å². The molecule has 0 radical (unpaired) electrons. The Bertz CT molecular complexity index is 1310. The third-order valence-electron chi connectivity index (χ3n) is 6.21. The average molecular weight is 480 g/mol. The highest BCUT2D eigenvalue weighted by molar-refractivity contribution is 7.22. The van der Waals surface area contributed by atoms with Crippen molar-refractivity contribution in [3.63, 3.8) is 0 Å². The van der Waals surface area contributed by atoms with Gasteiger partial charge in [-0.15, -0.1) is 11.3 Å². The van der Waals surface area contributed by atoms with Crippen LogP contribution < -0.4 is 10.3 Å². The lowest BCUT2D eigenvalue weighted by Crippen LogP contribution is -2.32. The van der Waals surface area contributed by atoms with E-state index in [1.165, 1.54) is 24.2 Å². The average Bonchev–Trinajstić information content (AvgIpc) is 3.27. The van der Waals surface area contributed by atoms with E-state index in [1.54, 1.807) is 10.9 Å². The Morgan fingerprint density at radius 3 is 2.70 bits per heavy atom. The van der Waals surface area contributed by atoms with Gasteiger partial charge in [0.15, 0.2) is 0 Å². The van der Waals surface area contributed by atoms with Gasteiger partial charge in [-0.3, -0.25) is 9.36 Å². The second kappa shape index (κ2) is 9.67. The van der Waals surface area contributed by atoms with Gasteiger partial charge in [0.05, 0.1) is 25.0 Å². The summed E-state index contributed by atoms with van der Waals surface area (Å²) in [6, 6.07) is 17.6. The molecule has 4 aromatic rings. The lowest BCUT2D eigenvalue weighted by molar-refractivity contribution is 0.160. The highest BCUT2D eigenvalue weighted by Gasteiger charge is 2.17. The van der Waals surface area contributed by atoms with Gasteiger partial charge in [0.2, 0.25) is 0 Å². The molecule has 0 saturated carbocycles. The van der Waals surface area contributed by atoms with Crippen LogP contribution in [0.15, 0.2) is 65.7 Å². The van der Waals surface area contributed by atoms with Gasteiger partial charge in [0.25, 0.3) is 5.56 Å². The molecule has 3 heterocycles. The Kier molecular flexibility index (Phi) is 6.49. The van der Waals surface area contributed by atoms with Crippen molar-refractivity contribution in [2.75, 3.05) is 26.7 Å². The standard InChI is InChI=1S/C26H26ClN3O2S/c1-29-11-9-18(10-12-29)16-32-22-4-2-3-19(13-22)15-30-17-28-23-14-24(33-25(23)26(30)31)20-5-7-21(27)8-6-20/h2-8,13-14,17-18H,9-12,15-16H2,1H3. The molecule has 0 amide bonds. The van der Waals surface area contributed by atoms with E-state index >= 15 is 0 Å². The second-order valence-electron chi connectivity index (χ2n) is 8.71. The quantitative estimate of drug-likeness (QED) is 0.364. The smallest absolute Gasteiger partial charge is 0.271 e. The van der Waals surface area contributed by atoms with Crippen molar-refractivity contribution in [3.8, 4) is 16.2 Å². The predicted octanol–water partition coefficient (Wildman–Crippen LogP) is 5.55. The van der Waals surface area contributed by atoms with E-state index in [9.17, 15) is 4.79 Å². The molecule has 0 aliphatic carbocycles. The van der Waals surface area contributed by atoms with Crippen LogP contribution in [0.25, 0.3) is 20.7 Å². The van der Waals surface area contributed by atoms with E-state index in [0.29, 0.717) is 22.2 Å². The van der Waals surface area contributed by atoms with Gasteiger partial charge < -0.3 is 9.64 Å². The predicted molar refractivity (Wildman–Crippen MR) is 136 cm³/mol. The Morgan fingerprint density at radius 2 is 1.91 bits per heavy atom. The van der Waals surface area contributed by atoms with Crippen LogP contribution >= 0.6 is 22.9 Å². The summed E-state index contributed by atoms with van der Waals surface area (Å²) in [6.45, 7) is 3.47. The number of halogens is 1. The zero-order valence-corrected chi connectivity index (χ0v) is 20.1. The lowest BCUT2D eigenvalue weighted by atomic mass is 9.98. The molecule has 1 fully saturated rings. The summed E-state index contributed by atoms with van der Waals surface area (Å²) in [4.78, 5) is 21.1. The van der Waals surface area contributed by atoms with Crippen LogP contribution in [0.2, 0.25) is 5.02 Å². The van der Waals surface area contributed by atoms with Crippen molar-refractivity contribution in [1.29, 1.82) is 0 Å². The Labute approximate surface area is 202 Å². The maximum absolute atomic E-state index is 13.2. The molecule has 0 atom stereocenters. The third-order valence-corrected chi connectivity index (χ3v) is 7.62. The second-order valence-corrected chi connectivity index (χ2v) is 10.2. The van der Waals surface area contributed by atoms with Crippen LogP contribution in [0.5, 0.6) is 5.75 Å². The first-order valence-electron chi connectivity index (χ1n) is 11.2. The first kappa shape index (κ1) is 22.1. The molecule has 170 valence electrons. The van der Waals surface area contributed by atoms with Crippen LogP contribution in [0, 0.1) is 5.92 Å². The van der Waals surface area contributed by atoms with E-state index in [-0.39, 0.29) is 5.56 Å². The topological polar surface area (TPSA) is 47.4 Å². The van der Waals surface area contributed by atoms with Crippen LogP contribution in [0.4, 0.5) is 0 Å². The SMILES string of the molecule is CN1CCC(COc2cccc(Cn3cnc4cc(-c5ccc(Cl)cc5)sc4c3=O)c2)CC1. The van der Waals surface area contributed by atoms with Gasteiger partial charge in [-0.2, -0.15) is 0 Å². The molecular formula is C26H26ClN3O2S. The summed E-state index contributed by atoms with van der Waals surface area (Å²) >= 11 is 7.47. The zero-order valence-electron chi connectivity index (χ0n) is 18.5. The molecule has 0 bridgehead atoms. The van der Waals surface area contributed by atoms with Crippen molar-refractivity contribution in [1.82, 2.24) is 14.5 Å². The van der Waals surface area contributed by atoms with Gasteiger partial charge in [-0.05, 0) is 80.4 Å². The number of benzene rings is 2. The Hall–Kier alpha value is -2.67. The minimum absolute atomic E-state index is 0.0251. The maximum Gasteiger partial charge on any atom is 0.271 e. The summed E-state index contributed by atoms with van der Waals surface area (Å²) in [5.41, 5.74) is 2.75. The van der Waals surface area contributed by atoms with Gasteiger partial charge in [0.1, 0.15) is 10.4 Å². The number of nitrogens with zero attached hydrogens (tertiary/aromatic N) is 3. The van der Waals surface area contributed by atoms with E-state index in [4.69, 9.17) is 16.3 Å². The molecule has 1 saturated heterocycles. The summed E-state index contributed by atoms with van der Waals surface area (Å²) in [5, 5.41) is 0.692. The minimum Gasteiger partial charge on any atom is -0.493 e. The number of hydrogen-bond donors (Lipinski definition) is 0. The summed E-state index contributed by atoms with van der Waals surface area (Å²) in [7, 11) is 2.17. The molecule has 0 spiro atoms. The molecule has 2 aromatic heterocycles. The van der Waals surface area contributed by atoms with Crippen molar-refractivity contribution in [2.24, 2.45) is 5.92 Å².